The summed E-state index contributed by atoms with van der Waals surface area (Å²) in [5.74, 6) is 5.79. The number of hydrogen-bond acceptors (Lipinski definition) is 2. The summed E-state index contributed by atoms with van der Waals surface area (Å²) in [5.41, 5.74) is 7.29. The lowest BCUT2D eigenvalue weighted by molar-refractivity contribution is 0.880. The first-order chi connectivity index (χ1) is 7.40. The van der Waals surface area contributed by atoms with Crippen molar-refractivity contribution in [1.29, 1.82) is 0 Å². The second-order valence-corrected chi connectivity index (χ2v) is 3.00. The van der Waals surface area contributed by atoms with Crippen LogP contribution in [0.15, 0.2) is 42.7 Å². The van der Waals surface area contributed by atoms with Gasteiger partial charge in [-0.1, -0.05) is 11.8 Å². The molecular weight excluding hydrogens is 186 g/mol. The van der Waals surface area contributed by atoms with E-state index < -0.39 is 0 Å². The first-order valence-electron chi connectivity index (χ1n) is 4.69. The van der Waals surface area contributed by atoms with Crippen molar-refractivity contribution in [2.45, 2.75) is 0 Å². The van der Waals surface area contributed by atoms with E-state index in [2.05, 4.69) is 16.9 Å². The Hall–Kier alpha value is -2.05. The van der Waals surface area contributed by atoms with Crippen LogP contribution >= 0.6 is 0 Å². The molecule has 0 saturated heterocycles. The number of nitrogens with zero attached hydrogens (tertiary/aromatic N) is 2. The summed E-state index contributed by atoms with van der Waals surface area (Å²) < 4.78 is 1.81. The molecule has 0 aliphatic rings. The van der Waals surface area contributed by atoms with Crippen LogP contribution in [0.25, 0.3) is 5.69 Å². The van der Waals surface area contributed by atoms with Gasteiger partial charge in [0.2, 0.25) is 0 Å². The monoisotopic (exact) mass is 197 g/mol. The number of hydrogen-bond donors (Lipinski definition) is 1. The van der Waals surface area contributed by atoms with Crippen molar-refractivity contribution in [1.82, 2.24) is 9.78 Å². The smallest absolute Gasteiger partial charge is 0.0646 e. The van der Waals surface area contributed by atoms with Gasteiger partial charge in [-0.25, -0.2) is 4.68 Å². The summed E-state index contributed by atoms with van der Waals surface area (Å²) in [4.78, 5) is 0. The van der Waals surface area contributed by atoms with Gasteiger partial charge in [-0.15, -0.1) is 0 Å². The molecule has 2 N–H and O–H groups in total. The first-order valence-corrected chi connectivity index (χ1v) is 4.69. The minimum Gasteiger partial charge on any atom is -0.320 e. The molecule has 3 heteroatoms. The molecule has 0 radical (unpaired) electrons. The second-order valence-electron chi connectivity index (χ2n) is 3.00. The van der Waals surface area contributed by atoms with E-state index in [4.69, 9.17) is 5.73 Å². The highest BCUT2D eigenvalue weighted by Crippen LogP contribution is 2.07. The minimum atomic E-state index is 0.390. The second kappa shape index (κ2) is 4.45. The van der Waals surface area contributed by atoms with Gasteiger partial charge in [-0.2, -0.15) is 5.10 Å². The van der Waals surface area contributed by atoms with Crippen molar-refractivity contribution < 1.29 is 0 Å². The van der Waals surface area contributed by atoms with E-state index in [1.165, 1.54) is 0 Å². The van der Waals surface area contributed by atoms with Crippen LogP contribution in [0.5, 0.6) is 0 Å². The molecule has 0 spiro atoms. The molecule has 0 saturated carbocycles. The Balaban J connectivity index is 2.25. The fourth-order valence-corrected chi connectivity index (χ4v) is 1.27. The molecule has 0 aliphatic heterocycles. The molecule has 15 heavy (non-hydrogen) atoms. The average Bonchev–Trinajstić information content (AvgIpc) is 2.80. The van der Waals surface area contributed by atoms with E-state index in [-0.39, 0.29) is 0 Å². The molecule has 1 aromatic heterocycles. The SMILES string of the molecule is NCC#Cc1ccc(-n2cccn2)cc1. The molecule has 2 aromatic rings. The molecule has 74 valence electrons. The fraction of sp³-hybridized carbons (Fsp3) is 0.0833. The van der Waals surface area contributed by atoms with Crippen molar-refractivity contribution >= 4 is 0 Å². The van der Waals surface area contributed by atoms with E-state index in [9.17, 15) is 0 Å². The summed E-state index contributed by atoms with van der Waals surface area (Å²) in [7, 11) is 0. The predicted molar refractivity (Wildman–Crippen MR) is 59.5 cm³/mol. The van der Waals surface area contributed by atoms with Gasteiger partial charge in [0.05, 0.1) is 12.2 Å². The lowest BCUT2D eigenvalue weighted by Crippen LogP contribution is -1.94. The molecule has 0 bridgehead atoms. The summed E-state index contributed by atoms with van der Waals surface area (Å²) >= 11 is 0. The maximum absolute atomic E-state index is 5.30. The third-order valence-electron chi connectivity index (χ3n) is 1.97. The van der Waals surface area contributed by atoms with Crippen LogP contribution in [0.1, 0.15) is 5.56 Å². The quantitative estimate of drug-likeness (QED) is 0.698. The Morgan fingerprint density at radius 1 is 1.27 bits per heavy atom. The van der Waals surface area contributed by atoms with Crippen LogP contribution in [0.4, 0.5) is 0 Å². The van der Waals surface area contributed by atoms with E-state index in [1.807, 2.05) is 36.5 Å². The number of nitrogens with two attached hydrogens (primary N) is 1. The summed E-state index contributed by atoms with van der Waals surface area (Å²) in [6.45, 7) is 0.390. The summed E-state index contributed by atoms with van der Waals surface area (Å²) in [5, 5.41) is 4.14. The molecule has 1 aromatic carbocycles. The predicted octanol–water partition coefficient (Wildman–Crippen LogP) is 1.18. The van der Waals surface area contributed by atoms with Crippen LogP contribution in [0.2, 0.25) is 0 Å². The zero-order valence-corrected chi connectivity index (χ0v) is 8.22. The van der Waals surface area contributed by atoms with E-state index in [1.54, 1.807) is 10.9 Å². The summed E-state index contributed by atoms with van der Waals surface area (Å²) in [6, 6.07) is 9.77. The van der Waals surface area contributed by atoms with Crippen molar-refractivity contribution in [2.75, 3.05) is 6.54 Å². The Kier molecular flexibility index (Phi) is 2.82. The van der Waals surface area contributed by atoms with Crippen molar-refractivity contribution in [3.8, 4) is 17.5 Å². The van der Waals surface area contributed by atoms with Gasteiger partial charge in [0.1, 0.15) is 0 Å². The van der Waals surface area contributed by atoms with Crippen LogP contribution in [0, 0.1) is 11.8 Å². The highest BCUT2D eigenvalue weighted by Gasteiger charge is 1.94. The number of rotatable bonds is 1. The normalized spacial score (nSPS) is 9.40. The van der Waals surface area contributed by atoms with E-state index >= 15 is 0 Å². The molecule has 0 amide bonds. The van der Waals surface area contributed by atoms with Crippen molar-refractivity contribution in [3.63, 3.8) is 0 Å². The molecule has 0 fully saturated rings. The fourth-order valence-electron chi connectivity index (χ4n) is 1.27. The van der Waals surface area contributed by atoms with Gasteiger partial charge in [0.25, 0.3) is 0 Å². The molecule has 2 rings (SSSR count). The first kappa shape index (κ1) is 9.50. The lowest BCUT2D eigenvalue weighted by Gasteiger charge is -2.00. The molecular formula is C12H11N3. The third-order valence-corrected chi connectivity index (χ3v) is 1.97. The lowest BCUT2D eigenvalue weighted by atomic mass is 10.2. The average molecular weight is 197 g/mol. The van der Waals surface area contributed by atoms with E-state index in [0.717, 1.165) is 11.3 Å². The molecule has 3 nitrogen and oxygen atoms in total. The van der Waals surface area contributed by atoms with Gasteiger partial charge in [0, 0.05) is 18.0 Å². The molecule has 0 atom stereocenters. The summed E-state index contributed by atoms with van der Waals surface area (Å²) in [6.07, 6.45) is 3.66. The Morgan fingerprint density at radius 3 is 2.67 bits per heavy atom. The minimum absolute atomic E-state index is 0.390. The van der Waals surface area contributed by atoms with Gasteiger partial charge >= 0.3 is 0 Å². The van der Waals surface area contributed by atoms with Crippen LogP contribution in [-0.4, -0.2) is 16.3 Å². The van der Waals surface area contributed by atoms with Gasteiger partial charge in [-0.3, -0.25) is 0 Å². The van der Waals surface area contributed by atoms with Crippen molar-refractivity contribution in [3.05, 3.63) is 48.3 Å². The maximum Gasteiger partial charge on any atom is 0.0646 e. The maximum atomic E-state index is 5.30. The van der Waals surface area contributed by atoms with Gasteiger partial charge < -0.3 is 5.73 Å². The number of benzene rings is 1. The zero-order chi connectivity index (χ0) is 10.5. The standard InChI is InChI=1S/C12H11N3/c13-8-1-3-11-4-6-12(7-5-11)15-10-2-9-14-15/h2,4-7,9-10H,8,13H2. The Labute approximate surface area is 88.5 Å². The highest BCUT2D eigenvalue weighted by molar-refractivity contribution is 5.41. The topological polar surface area (TPSA) is 43.8 Å². The van der Waals surface area contributed by atoms with Gasteiger partial charge in [-0.05, 0) is 30.3 Å². The van der Waals surface area contributed by atoms with Crippen LogP contribution in [-0.2, 0) is 0 Å². The highest BCUT2D eigenvalue weighted by atomic mass is 15.3. The van der Waals surface area contributed by atoms with Crippen LogP contribution < -0.4 is 5.73 Å². The van der Waals surface area contributed by atoms with Crippen molar-refractivity contribution in [2.24, 2.45) is 5.73 Å². The number of aromatic nitrogens is 2. The zero-order valence-electron chi connectivity index (χ0n) is 8.22. The van der Waals surface area contributed by atoms with E-state index in [0.29, 0.717) is 6.54 Å². The molecule has 0 aliphatic carbocycles. The Morgan fingerprint density at radius 2 is 2.07 bits per heavy atom. The molecule has 0 unspecified atom stereocenters. The van der Waals surface area contributed by atoms with Gasteiger partial charge in [0.15, 0.2) is 0 Å². The Bertz CT molecular complexity index is 472. The third kappa shape index (κ3) is 2.25. The molecule has 1 heterocycles. The largest absolute Gasteiger partial charge is 0.320 e. The van der Waals surface area contributed by atoms with Crippen LogP contribution in [0.3, 0.4) is 0 Å².